The van der Waals surface area contributed by atoms with E-state index in [2.05, 4.69) is 10.3 Å². The first kappa shape index (κ1) is 11.9. The molecule has 0 spiro atoms. The minimum absolute atomic E-state index is 0.0131. The van der Waals surface area contributed by atoms with Crippen LogP contribution in [0.3, 0.4) is 0 Å². The highest BCUT2D eigenvalue weighted by atomic mass is 16.3. The predicted molar refractivity (Wildman–Crippen MR) is 65.7 cm³/mol. The van der Waals surface area contributed by atoms with Crippen molar-refractivity contribution in [3.05, 3.63) is 18.3 Å². The molecule has 0 radical (unpaired) electrons. The molecule has 1 heterocycles. The Kier molecular flexibility index (Phi) is 3.96. The van der Waals surface area contributed by atoms with Crippen LogP contribution in [0.5, 0.6) is 5.75 Å². The molecule has 0 bridgehead atoms. The fraction of sp³-hybridized carbons (Fsp3) is 0.538. The first-order valence-electron chi connectivity index (χ1n) is 6.22. The highest BCUT2D eigenvalue weighted by molar-refractivity contribution is 5.92. The van der Waals surface area contributed by atoms with Gasteiger partial charge in [0.1, 0.15) is 0 Å². The molecule has 1 fully saturated rings. The maximum atomic E-state index is 12.0. The Morgan fingerprint density at radius 2 is 2.00 bits per heavy atom. The number of aromatic nitrogens is 1. The summed E-state index contributed by atoms with van der Waals surface area (Å²) in [6, 6.07) is 3.16. The van der Waals surface area contributed by atoms with Crippen molar-refractivity contribution in [3.8, 4) is 5.75 Å². The molecule has 0 unspecified atom stereocenters. The van der Waals surface area contributed by atoms with Gasteiger partial charge in [-0.15, -0.1) is 0 Å². The van der Waals surface area contributed by atoms with Gasteiger partial charge in [0.2, 0.25) is 5.91 Å². The number of rotatable bonds is 2. The smallest absolute Gasteiger partial charge is 0.228 e. The quantitative estimate of drug-likeness (QED) is 0.773. The number of aromatic hydroxyl groups is 1. The third-order valence-corrected chi connectivity index (χ3v) is 3.25. The second-order valence-corrected chi connectivity index (χ2v) is 4.55. The second-order valence-electron chi connectivity index (χ2n) is 4.55. The lowest BCUT2D eigenvalue weighted by Gasteiger charge is -2.13. The fourth-order valence-electron chi connectivity index (χ4n) is 2.25. The van der Waals surface area contributed by atoms with Crippen molar-refractivity contribution >= 4 is 11.7 Å². The van der Waals surface area contributed by atoms with Crippen LogP contribution in [0.2, 0.25) is 0 Å². The predicted octanol–water partition coefficient (Wildman–Crippen LogP) is 2.70. The molecule has 1 aliphatic carbocycles. The number of nitrogens with zero attached hydrogens (tertiary/aromatic N) is 1. The molecule has 4 nitrogen and oxygen atoms in total. The van der Waals surface area contributed by atoms with Crippen molar-refractivity contribution in [2.75, 3.05) is 5.32 Å². The van der Waals surface area contributed by atoms with Gasteiger partial charge in [-0.3, -0.25) is 4.79 Å². The van der Waals surface area contributed by atoms with Gasteiger partial charge in [0.15, 0.2) is 11.6 Å². The minimum Gasteiger partial charge on any atom is -0.504 e. The number of amides is 1. The number of anilines is 1. The van der Waals surface area contributed by atoms with Crippen molar-refractivity contribution in [2.24, 2.45) is 5.92 Å². The minimum atomic E-state index is -0.0131. The Morgan fingerprint density at radius 3 is 2.65 bits per heavy atom. The Morgan fingerprint density at radius 1 is 1.29 bits per heavy atom. The van der Waals surface area contributed by atoms with Gasteiger partial charge in [0, 0.05) is 12.1 Å². The van der Waals surface area contributed by atoms with Gasteiger partial charge in [-0.2, -0.15) is 0 Å². The summed E-state index contributed by atoms with van der Waals surface area (Å²) in [6.07, 6.45) is 8.12. The van der Waals surface area contributed by atoms with E-state index in [4.69, 9.17) is 0 Å². The average Bonchev–Trinajstić information content (AvgIpc) is 2.61. The van der Waals surface area contributed by atoms with Crippen LogP contribution in [0.4, 0.5) is 5.82 Å². The molecule has 2 N–H and O–H groups in total. The highest BCUT2D eigenvalue weighted by Crippen LogP contribution is 2.25. The Labute approximate surface area is 101 Å². The topological polar surface area (TPSA) is 62.2 Å². The van der Waals surface area contributed by atoms with Crippen LogP contribution in [0.25, 0.3) is 0 Å². The van der Waals surface area contributed by atoms with E-state index in [0.717, 1.165) is 25.7 Å². The molecule has 1 saturated carbocycles. The zero-order valence-electron chi connectivity index (χ0n) is 9.85. The van der Waals surface area contributed by atoms with Gasteiger partial charge in [0.05, 0.1) is 0 Å². The molecule has 1 aliphatic rings. The molecular weight excluding hydrogens is 216 g/mol. The number of hydrogen-bond donors (Lipinski definition) is 2. The number of hydrogen-bond acceptors (Lipinski definition) is 3. The van der Waals surface area contributed by atoms with Gasteiger partial charge in [0.25, 0.3) is 0 Å². The van der Waals surface area contributed by atoms with Crippen LogP contribution in [0, 0.1) is 5.92 Å². The summed E-state index contributed by atoms with van der Waals surface area (Å²) in [7, 11) is 0. The van der Waals surface area contributed by atoms with E-state index < -0.39 is 0 Å². The maximum absolute atomic E-state index is 12.0. The lowest BCUT2D eigenvalue weighted by Crippen LogP contribution is -2.22. The largest absolute Gasteiger partial charge is 0.504 e. The Hall–Kier alpha value is -1.58. The zero-order valence-corrected chi connectivity index (χ0v) is 9.85. The van der Waals surface area contributed by atoms with Crippen molar-refractivity contribution in [1.82, 2.24) is 4.98 Å². The summed E-state index contributed by atoms with van der Waals surface area (Å²) in [4.78, 5) is 16.0. The van der Waals surface area contributed by atoms with Crippen LogP contribution in [-0.4, -0.2) is 16.0 Å². The lowest BCUT2D eigenvalue weighted by molar-refractivity contribution is -0.120. The van der Waals surface area contributed by atoms with Crippen molar-refractivity contribution in [3.63, 3.8) is 0 Å². The van der Waals surface area contributed by atoms with Crippen LogP contribution in [0.15, 0.2) is 18.3 Å². The van der Waals surface area contributed by atoms with E-state index in [-0.39, 0.29) is 23.4 Å². The summed E-state index contributed by atoms with van der Waals surface area (Å²) >= 11 is 0. The van der Waals surface area contributed by atoms with E-state index in [1.807, 2.05) is 0 Å². The monoisotopic (exact) mass is 234 g/mol. The molecule has 0 saturated heterocycles. The van der Waals surface area contributed by atoms with Crippen LogP contribution in [0.1, 0.15) is 38.5 Å². The first-order chi connectivity index (χ1) is 8.27. The molecule has 0 aliphatic heterocycles. The molecule has 17 heavy (non-hydrogen) atoms. The number of nitrogens with one attached hydrogen (secondary N) is 1. The summed E-state index contributed by atoms with van der Waals surface area (Å²) in [5.74, 6) is 0.344. The normalized spacial score (nSPS) is 17.4. The maximum Gasteiger partial charge on any atom is 0.228 e. The molecule has 2 rings (SSSR count). The summed E-state index contributed by atoms with van der Waals surface area (Å²) in [5.41, 5.74) is 0. The van der Waals surface area contributed by atoms with Gasteiger partial charge in [-0.25, -0.2) is 4.98 Å². The van der Waals surface area contributed by atoms with E-state index in [0.29, 0.717) is 0 Å². The molecule has 1 aromatic rings. The molecule has 4 heteroatoms. The fourth-order valence-corrected chi connectivity index (χ4v) is 2.25. The SMILES string of the molecule is O=C(Nc1ncccc1O)C1CCCCCC1. The number of pyridine rings is 1. The zero-order chi connectivity index (χ0) is 12.1. The Balaban J connectivity index is 1.98. The summed E-state index contributed by atoms with van der Waals surface area (Å²) in [5, 5.41) is 12.2. The second kappa shape index (κ2) is 5.66. The summed E-state index contributed by atoms with van der Waals surface area (Å²) < 4.78 is 0. The van der Waals surface area contributed by atoms with Gasteiger partial charge in [-0.05, 0) is 25.0 Å². The van der Waals surface area contributed by atoms with Crippen LogP contribution in [-0.2, 0) is 4.79 Å². The van der Waals surface area contributed by atoms with E-state index in [1.165, 1.54) is 18.9 Å². The number of carbonyl (C=O) groups excluding carboxylic acids is 1. The van der Waals surface area contributed by atoms with Gasteiger partial charge in [-0.1, -0.05) is 25.7 Å². The number of carbonyl (C=O) groups is 1. The first-order valence-corrected chi connectivity index (χ1v) is 6.22. The Bertz CT molecular complexity index is 385. The van der Waals surface area contributed by atoms with E-state index >= 15 is 0 Å². The highest BCUT2D eigenvalue weighted by Gasteiger charge is 2.20. The third kappa shape index (κ3) is 3.19. The molecule has 1 amide bonds. The van der Waals surface area contributed by atoms with E-state index in [9.17, 15) is 9.90 Å². The van der Waals surface area contributed by atoms with Crippen molar-refractivity contribution in [1.29, 1.82) is 0 Å². The summed E-state index contributed by atoms with van der Waals surface area (Å²) in [6.45, 7) is 0. The molecule has 0 aromatic carbocycles. The third-order valence-electron chi connectivity index (χ3n) is 3.25. The van der Waals surface area contributed by atoms with E-state index in [1.54, 1.807) is 12.3 Å². The van der Waals surface area contributed by atoms with Crippen LogP contribution < -0.4 is 5.32 Å². The average molecular weight is 234 g/mol. The standard InChI is InChI=1S/C13H18N2O2/c16-11-8-5-9-14-12(11)15-13(17)10-6-3-1-2-4-7-10/h5,8-10,16H,1-4,6-7H2,(H,14,15,17). The van der Waals surface area contributed by atoms with Crippen molar-refractivity contribution < 1.29 is 9.90 Å². The molecular formula is C13H18N2O2. The van der Waals surface area contributed by atoms with Crippen molar-refractivity contribution in [2.45, 2.75) is 38.5 Å². The molecule has 92 valence electrons. The lowest BCUT2D eigenvalue weighted by atomic mass is 9.99. The van der Waals surface area contributed by atoms with Gasteiger partial charge >= 0.3 is 0 Å². The molecule has 0 atom stereocenters. The van der Waals surface area contributed by atoms with Gasteiger partial charge < -0.3 is 10.4 Å². The van der Waals surface area contributed by atoms with Crippen LogP contribution >= 0.6 is 0 Å². The molecule has 1 aromatic heterocycles.